The SMILES string of the molecule is CCC[C@H](N)C(=O)Nc1cc(S(N)(=O)=O)cc(C)c1C. The quantitative estimate of drug-likeness (QED) is 0.752. The summed E-state index contributed by atoms with van der Waals surface area (Å²) in [6.07, 6.45) is 1.36. The third-order valence-corrected chi connectivity index (χ3v) is 4.06. The first-order valence-electron chi connectivity index (χ1n) is 6.37. The van der Waals surface area contributed by atoms with E-state index in [2.05, 4.69) is 5.32 Å². The van der Waals surface area contributed by atoms with Crippen molar-refractivity contribution in [3.63, 3.8) is 0 Å². The van der Waals surface area contributed by atoms with Crippen molar-refractivity contribution in [1.29, 1.82) is 0 Å². The summed E-state index contributed by atoms with van der Waals surface area (Å²) < 4.78 is 22.8. The van der Waals surface area contributed by atoms with Crippen LogP contribution in [0.1, 0.15) is 30.9 Å². The van der Waals surface area contributed by atoms with Crippen molar-refractivity contribution < 1.29 is 13.2 Å². The van der Waals surface area contributed by atoms with E-state index < -0.39 is 16.1 Å². The minimum absolute atomic E-state index is 0.0278. The third-order valence-electron chi connectivity index (χ3n) is 3.16. The summed E-state index contributed by atoms with van der Waals surface area (Å²) in [5.74, 6) is -0.332. The molecule has 1 rings (SSSR count). The van der Waals surface area contributed by atoms with Gasteiger partial charge in [0.25, 0.3) is 0 Å². The van der Waals surface area contributed by atoms with Crippen LogP contribution >= 0.6 is 0 Å². The van der Waals surface area contributed by atoms with Gasteiger partial charge in [-0.1, -0.05) is 13.3 Å². The zero-order chi connectivity index (χ0) is 15.5. The maximum absolute atomic E-state index is 11.9. The number of nitrogens with two attached hydrogens (primary N) is 2. The average Bonchev–Trinajstić information content (AvgIpc) is 2.33. The Kier molecular flexibility index (Phi) is 5.27. The number of rotatable bonds is 5. The van der Waals surface area contributed by atoms with Gasteiger partial charge in [-0.25, -0.2) is 13.6 Å². The normalized spacial score (nSPS) is 13.1. The number of carbonyl (C=O) groups excluding carboxylic acids is 1. The molecule has 6 nitrogen and oxygen atoms in total. The van der Waals surface area contributed by atoms with E-state index in [0.717, 1.165) is 17.5 Å². The van der Waals surface area contributed by atoms with Gasteiger partial charge in [-0.3, -0.25) is 4.79 Å². The predicted octanol–water partition coefficient (Wildman–Crippen LogP) is 1.02. The van der Waals surface area contributed by atoms with Gasteiger partial charge in [0.05, 0.1) is 10.9 Å². The molecule has 0 aromatic heterocycles. The molecule has 20 heavy (non-hydrogen) atoms. The van der Waals surface area contributed by atoms with Crippen molar-refractivity contribution >= 4 is 21.6 Å². The van der Waals surface area contributed by atoms with Crippen LogP contribution in [0.3, 0.4) is 0 Å². The maximum Gasteiger partial charge on any atom is 0.241 e. The average molecular weight is 299 g/mol. The molecule has 0 aliphatic heterocycles. The van der Waals surface area contributed by atoms with Gasteiger partial charge in [0.2, 0.25) is 15.9 Å². The summed E-state index contributed by atoms with van der Waals surface area (Å²) in [5, 5.41) is 7.78. The van der Waals surface area contributed by atoms with Crippen molar-refractivity contribution in [3.8, 4) is 0 Å². The van der Waals surface area contributed by atoms with Crippen LogP contribution < -0.4 is 16.2 Å². The Balaban J connectivity index is 3.12. The minimum atomic E-state index is -3.81. The fraction of sp³-hybridized carbons (Fsp3) is 0.462. The lowest BCUT2D eigenvalue weighted by Gasteiger charge is -2.15. The Morgan fingerprint density at radius 2 is 1.95 bits per heavy atom. The minimum Gasteiger partial charge on any atom is -0.324 e. The molecule has 5 N–H and O–H groups in total. The number of anilines is 1. The molecule has 1 amide bonds. The highest BCUT2D eigenvalue weighted by molar-refractivity contribution is 7.89. The van der Waals surface area contributed by atoms with Crippen LogP contribution in [0.4, 0.5) is 5.69 Å². The van der Waals surface area contributed by atoms with Gasteiger partial charge in [0, 0.05) is 5.69 Å². The van der Waals surface area contributed by atoms with Gasteiger partial charge in [-0.2, -0.15) is 0 Å². The van der Waals surface area contributed by atoms with Crippen LogP contribution in [0.2, 0.25) is 0 Å². The molecule has 1 aromatic rings. The molecule has 0 unspecified atom stereocenters. The zero-order valence-electron chi connectivity index (χ0n) is 11.9. The zero-order valence-corrected chi connectivity index (χ0v) is 12.8. The number of primary sulfonamides is 1. The van der Waals surface area contributed by atoms with Crippen molar-refractivity contribution in [2.45, 2.75) is 44.6 Å². The highest BCUT2D eigenvalue weighted by Gasteiger charge is 2.17. The van der Waals surface area contributed by atoms with Gasteiger partial charge in [0.1, 0.15) is 0 Å². The fourth-order valence-electron chi connectivity index (χ4n) is 1.79. The van der Waals surface area contributed by atoms with Crippen molar-refractivity contribution in [2.24, 2.45) is 10.9 Å². The van der Waals surface area contributed by atoms with Crippen molar-refractivity contribution in [2.75, 3.05) is 5.32 Å². The summed E-state index contributed by atoms with van der Waals surface area (Å²) in [6.45, 7) is 5.49. The first-order valence-corrected chi connectivity index (χ1v) is 7.92. The number of sulfonamides is 1. The molecule has 0 saturated carbocycles. The van der Waals surface area contributed by atoms with E-state index in [1.54, 1.807) is 13.8 Å². The second-order valence-electron chi connectivity index (χ2n) is 4.84. The Morgan fingerprint density at radius 1 is 1.35 bits per heavy atom. The van der Waals surface area contributed by atoms with Crippen LogP contribution in [-0.2, 0) is 14.8 Å². The van der Waals surface area contributed by atoms with Crippen molar-refractivity contribution in [1.82, 2.24) is 0 Å². The second-order valence-corrected chi connectivity index (χ2v) is 6.40. The van der Waals surface area contributed by atoms with E-state index in [-0.39, 0.29) is 10.8 Å². The standard InChI is InChI=1S/C13H21N3O3S/c1-4-5-11(14)13(17)16-12-7-10(20(15,18)19)6-8(2)9(12)3/h6-7,11H,4-5,14H2,1-3H3,(H,16,17)(H2,15,18,19)/t11-/m0/s1. The Labute approximate surface area is 119 Å². The molecular weight excluding hydrogens is 278 g/mol. The predicted molar refractivity (Wildman–Crippen MR) is 78.8 cm³/mol. The number of aryl methyl sites for hydroxylation is 1. The Hall–Kier alpha value is -1.44. The van der Waals surface area contributed by atoms with E-state index in [0.29, 0.717) is 12.1 Å². The fourth-order valence-corrected chi connectivity index (χ4v) is 2.41. The van der Waals surface area contributed by atoms with Crippen molar-refractivity contribution in [3.05, 3.63) is 23.3 Å². The molecule has 0 heterocycles. The highest BCUT2D eigenvalue weighted by Crippen LogP contribution is 2.23. The molecule has 0 fully saturated rings. The maximum atomic E-state index is 11.9. The summed E-state index contributed by atoms with van der Waals surface area (Å²) in [7, 11) is -3.81. The molecule has 1 atom stereocenters. The van der Waals surface area contributed by atoms with Gasteiger partial charge < -0.3 is 11.1 Å². The largest absolute Gasteiger partial charge is 0.324 e. The summed E-state index contributed by atoms with van der Waals surface area (Å²) in [4.78, 5) is 11.9. The van der Waals surface area contributed by atoms with E-state index >= 15 is 0 Å². The third kappa shape index (κ3) is 4.03. The molecule has 0 spiro atoms. The monoisotopic (exact) mass is 299 g/mol. The van der Waals surface area contributed by atoms with Crippen LogP contribution in [0, 0.1) is 13.8 Å². The Bertz CT molecular complexity index is 612. The van der Waals surface area contributed by atoms with Gasteiger partial charge in [-0.05, 0) is 43.5 Å². The van der Waals surface area contributed by atoms with E-state index in [1.807, 2.05) is 6.92 Å². The van der Waals surface area contributed by atoms with E-state index in [1.165, 1.54) is 12.1 Å². The molecule has 0 saturated heterocycles. The van der Waals surface area contributed by atoms with Crippen LogP contribution in [0.15, 0.2) is 17.0 Å². The number of nitrogens with one attached hydrogen (secondary N) is 1. The lowest BCUT2D eigenvalue weighted by atomic mass is 10.1. The molecule has 0 aliphatic carbocycles. The van der Waals surface area contributed by atoms with E-state index in [4.69, 9.17) is 10.9 Å². The number of carbonyl (C=O) groups is 1. The summed E-state index contributed by atoms with van der Waals surface area (Å²) in [6, 6.07) is 2.22. The molecule has 0 radical (unpaired) electrons. The van der Waals surface area contributed by atoms with Crippen LogP contribution in [0.25, 0.3) is 0 Å². The van der Waals surface area contributed by atoms with Gasteiger partial charge >= 0.3 is 0 Å². The highest BCUT2D eigenvalue weighted by atomic mass is 32.2. The topological polar surface area (TPSA) is 115 Å². The molecular formula is C13H21N3O3S. The second kappa shape index (κ2) is 6.34. The summed E-state index contributed by atoms with van der Waals surface area (Å²) in [5.41, 5.74) is 7.67. The number of benzene rings is 1. The first-order chi connectivity index (χ1) is 9.16. The number of hydrogen-bond acceptors (Lipinski definition) is 4. The lowest BCUT2D eigenvalue weighted by Crippen LogP contribution is -2.35. The van der Waals surface area contributed by atoms with Crippen LogP contribution in [-0.4, -0.2) is 20.4 Å². The molecule has 0 aliphatic rings. The number of amides is 1. The molecule has 1 aromatic carbocycles. The van der Waals surface area contributed by atoms with Gasteiger partial charge in [0.15, 0.2) is 0 Å². The molecule has 7 heteroatoms. The van der Waals surface area contributed by atoms with Crippen LogP contribution in [0.5, 0.6) is 0 Å². The Morgan fingerprint density at radius 3 is 2.45 bits per heavy atom. The number of hydrogen-bond donors (Lipinski definition) is 3. The summed E-state index contributed by atoms with van der Waals surface area (Å²) >= 11 is 0. The van der Waals surface area contributed by atoms with E-state index in [9.17, 15) is 13.2 Å². The smallest absolute Gasteiger partial charge is 0.241 e. The lowest BCUT2D eigenvalue weighted by molar-refractivity contribution is -0.117. The first kappa shape index (κ1) is 16.6. The molecule has 0 bridgehead atoms. The molecule has 112 valence electrons. The van der Waals surface area contributed by atoms with Gasteiger partial charge in [-0.15, -0.1) is 0 Å².